The van der Waals surface area contributed by atoms with Crippen LogP contribution in [0.3, 0.4) is 0 Å². The van der Waals surface area contributed by atoms with Crippen LogP contribution in [-0.4, -0.2) is 41.1 Å². The number of pyridine rings is 2. The van der Waals surface area contributed by atoms with E-state index in [0.29, 0.717) is 11.3 Å². The van der Waals surface area contributed by atoms with Crippen LogP contribution < -0.4 is 16.2 Å². The highest BCUT2D eigenvalue weighted by Gasteiger charge is 2.13. The predicted molar refractivity (Wildman–Crippen MR) is 167 cm³/mol. The van der Waals surface area contributed by atoms with Crippen molar-refractivity contribution < 1.29 is 14.3 Å². The number of anilines is 1. The highest BCUT2D eigenvalue weighted by molar-refractivity contribution is 6.04. The minimum absolute atomic E-state index is 0.215. The van der Waals surface area contributed by atoms with Crippen LogP contribution in [0.4, 0.5) is 5.69 Å². The first-order chi connectivity index (χ1) is 20.5. The zero-order chi connectivity index (χ0) is 29.6. The summed E-state index contributed by atoms with van der Waals surface area (Å²) in [7, 11) is 0. The molecule has 2 N–H and O–H groups in total. The molecule has 4 rings (SSSR count). The molecule has 1 aliphatic carbocycles. The van der Waals surface area contributed by atoms with Gasteiger partial charge in [-0.05, 0) is 93.4 Å². The summed E-state index contributed by atoms with van der Waals surface area (Å²) < 4.78 is 6.14. The summed E-state index contributed by atoms with van der Waals surface area (Å²) in [6.07, 6.45) is 18.0. The molecular weight excluding hydrogens is 528 g/mol. The van der Waals surface area contributed by atoms with E-state index < -0.39 is 5.97 Å². The van der Waals surface area contributed by atoms with Crippen LogP contribution >= 0.6 is 0 Å². The minimum Gasteiger partial charge on any atom is -0.465 e. The summed E-state index contributed by atoms with van der Waals surface area (Å²) in [5, 5.41) is 6.48. The molecule has 0 radical (unpaired) electrons. The fourth-order valence-corrected chi connectivity index (χ4v) is 5.53. The topological polar surface area (TPSA) is 102 Å². The Morgan fingerprint density at radius 2 is 1.81 bits per heavy atom. The van der Waals surface area contributed by atoms with Crippen molar-refractivity contribution in [2.75, 3.05) is 25.0 Å². The highest BCUT2D eigenvalue weighted by Crippen LogP contribution is 2.23. The summed E-state index contributed by atoms with van der Waals surface area (Å²) >= 11 is 0. The van der Waals surface area contributed by atoms with Gasteiger partial charge in [0.1, 0.15) is 6.54 Å². The number of aromatic nitrogens is 2. The molecule has 2 heterocycles. The first kappa shape index (κ1) is 31.2. The van der Waals surface area contributed by atoms with Crippen LogP contribution in [0, 0.1) is 5.92 Å². The predicted octanol–water partition coefficient (Wildman–Crippen LogP) is 6.00. The van der Waals surface area contributed by atoms with Gasteiger partial charge in [0.05, 0.1) is 12.3 Å². The van der Waals surface area contributed by atoms with Crippen LogP contribution in [0.5, 0.6) is 0 Å². The Bertz CT molecular complexity index is 1360. The van der Waals surface area contributed by atoms with Crippen molar-refractivity contribution in [3.63, 3.8) is 0 Å². The second-order valence-electron chi connectivity index (χ2n) is 11.2. The van der Waals surface area contributed by atoms with Crippen LogP contribution in [-0.2, 0) is 22.5 Å². The van der Waals surface area contributed by atoms with E-state index in [2.05, 4.69) is 21.7 Å². The monoisotopic (exact) mass is 572 g/mol. The summed E-state index contributed by atoms with van der Waals surface area (Å²) in [6.45, 7) is 4.03. The number of rotatable bonds is 15. The third-order valence-corrected chi connectivity index (χ3v) is 7.83. The molecule has 42 heavy (non-hydrogen) atoms. The van der Waals surface area contributed by atoms with Crippen LogP contribution in [0.15, 0.2) is 65.8 Å². The Hall–Kier alpha value is -3.78. The van der Waals surface area contributed by atoms with Crippen LogP contribution in [0.2, 0.25) is 0 Å². The molecule has 1 fully saturated rings. The maximum atomic E-state index is 13.0. The fraction of sp³-hybridized carbons (Fsp3) is 0.471. The van der Waals surface area contributed by atoms with Gasteiger partial charge in [0.25, 0.3) is 11.5 Å². The first-order valence-electron chi connectivity index (χ1n) is 15.4. The van der Waals surface area contributed by atoms with E-state index in [4.69, 9.17) is 4.74 Å². The molecule has 0 saturated heterocycles. The summed E-state index contributed by atoms with van der Waals surface area (Å²) in [5.74, 6) is 0.0709. The van der Waals surface area contributed by atoms with Crippen LogP contribution in [0.25, 0.3) is 11.1 Å². The number of carbonyl (C=O) groups is 2. The number of benzene rings is 1. The Balaban J connectivity index is 1.25. The number of hydrogen-bond donors (Lipinski definition) is 2. The van der Waals surface area contributed by atoms with E-state index in [9.17, 15) is 14.4 Å². The number of nitrogens with one attached hydrogen (secondary N) is 2. The van der Waals surface area contributed by atoms with Crippen molar-refractivity contribution in [2.24, 2.45) is 5.92 Å². The first-order valence-corrected chi connectivity index (χ1v) is 15.4. The number of ether oxygens (including phenoxy) is 1. The van der Waals surface area contributed by atoms with E-state index in [1.807, 2.05) is 30.6 Å². The molecule has 3 aromatic rings. The average Bonchev–Trinajstić information content (AvgIpc) is 3.01. The minimum atomic E-state index is -0.510. The fourth-order valence-electron chi connectivity index (χ4n) is 5.53. The Morgan fingerprint density at radius 1 is 0.976 bits per heavy atom. The molecule has 1 saturated carbocycles. The van der Waals surface area contributed by atoms with Crippen molar-refractivity contribution >= 4 is 17.6 Å². The van der Waals surface area contributed by atoms with Crippen molar-refractivity contribution in [3.8, 4) is 11.1 Å². The number of carbonyl (C=O) groups excluding carboxylic acids is 2. The average molecular weight is 573 g/mol. The van der Waals surface area contributed by atoms with Gasteiger partial charge in [-0.3, -0.25) is 19.4 Å². The Labute approximate surface area is 248 Å². The van der Waals surface area contributed by atoms with Crippen LogP contribution in [0.1, 0.15) is 80.6 Å². The molecule has 0 bridgehead atoms. The molecule has 0 aliphatic heterocycles. The molecule has 8 heteroatoms. The third kappa shape index (κ3) is 9.94. The second-order valence-corrected chi connectivity index (χ2v) is 11.2. The third-order valence-electron chi connectivity index (χ3n) is 7.83. The van der Waals surface area contributed by atoms with Crippen molar-refractivity contribution in [3.05, 3.63) is 82.5 Å². The highest BCUT2D eigenvalue weighted by atomic mass is 16.5. The smallest absolute Gasteiger partial charge is 0.326 e. The molecule has 224 valence electrons. The molecule has 2 aromatic heterocycles. The number of unbranched alkanes of at least 4 members (excludes halogenated alkanes) is 3. The summed E-state index contributed by atoms with van der Waals surface area (Å²) in [6, 6.07) is 12.4. The number of nitrogens with zero attached hydrogens (tertiary/aromatic N) is 2. The van der Waals surface area contributed by atoms with E-state index in [1.54, 1.807) is 13.0 Å². The van der Waals surface area contributed by atoms with E-state index in [1.165, 1.54) is 86.4 Å². The lowest BCUT2D eigenvalue weighted by atomic mass is 9.89. The van der Waals surface area contributed by atoms with Gasteiger partial charge in [0.2, 0.25) is 0 Å². The molecule has 0 unspecified atom stereocenters. The number of aryl methyl sites for hydroxylation is 1. The largest absolute Gasteiger partial charge is 0.465 e. The SMILES string of the molecule is CCOC(=O)Cn1cc(NC(=O)c2cccc(-c3cncc(CCCCCCNCC4CCCCC4)c3)c2)ccc1=O. The van der Waals surface area contributed by atoms with Crippen molar-refractivity contribution in [1.82, 2.24) is 14.9 Å². The standard InChI is InChI=1S/C34H44N4O4/c1-2-42-33(40)25-38-24-31(16-17-32(38)39)37-34(41)29-15-10-14-28(20-29)30-19-27(22-36-23-30)13-6-3-4-9-18-35-21-26-11-7-5-8-12-26/h10,14-17,19-20,22-24,26,35H,2-9,11-13,18,21,25H2,1H3,(H,37,41). The lowest BCUT2D eigenvalue weighted by Crippen LogP contribution is -2.25. The lowest BCUT2D eigenvalue weighted by Gasteiger charge is -2.21. The van der Waals surface area contributed by atoms with E-state index in [0.717, 1.165) is 36.4 Å². The maximum absolute atomic E-state index is 13.0. The van der Waals surface area contributed by atoms with Gasteiger partial charge in [-0.25, -0.2) is 0 Å². The van der Waals surface area contributed by atoms with Gasteiger partial charge < -0.3 is 19.9 Å². The van der Waals surface area contributed by atoms with Gasteiger partial charge in [0, 0.05) is 35.8 Å². The van der Waals surface area contributed by atoms with Gasteiger partial charge >= 0.3 is 5.97 Å². The number of amides is 1. The van der Waals surface area contributed by atoms with Crippen molar-refractivity contribution in [2.45, 2.75) is 77.7 Å². The summed E-state index contributed by atoms with van der Waals surface area (Å²) in [4.78, 5) is 41.4. The Kier molecular flexibility index (Phi) is 12.3. The molecular formula is C34H44N4O4. The number of hydrogen-bond acceptors (Lipinski definition) is 6. The zero-order valence-electron chi connectivity index (χ0n) is 24.8. The summed E-state index contributed by atoms with van der Waals surface area (Å²) in [5.41, 5.74) is 3.63. The zero-order valence-corrected chi connectivity index (χ0v) is 24.8. The number of esters is 1. The van der Waals surface area contributed by atoms with E-state index >= 15 is 0 Å². The van der Waals surface area contributed by atoms with E-state index in [-0.39, 0.29) is 24.6 Å². The molecule has 8 nitrogen and oxygen atoms in total. The normalized spacial score (nSPS) is 13.5. The molecule has 1 aliphatic rings. The van der Waals surface area contributed by atoms with Gasteiger partial charge in [-0.15, -0.1) is 0 Å². The molecule has 0 atom stereocenters. The molecule has 1 amide bonds. The lowest BCUT2D eigenvalue weighted by molar-refractivity contribution is -0.143. The molecule has 1 aromatic carbocycles. The van der Waals surface area contributed by atoms with Gasteiger partial charge in [-0.1, -0.05) is 44.2 Å². The molecule has 0 spiro atoms. The Morgan fingerprint density at radius 3 is 2.64 bits per heavy atom. The maximum Gasteiger partial charge on any atom is 0.326 e. The quantitative estimate of drug-likeness (QED) is 0.171. The second kappa shape index (κ2) is 16.6. The van der Waals surface area contributed by atoms with Gasteiger partial charge in [0.15, 0.2) is 0 Å². The van der Waals surface area contributed by atoms with Crippen molar-refractivity contribution in [1.29, 1.82) is 0 Å². The van der Waals surface area contributed by atoms with Gasteiger partial charge in [-0.2, -0.15) is 0 Å².